The van der Waals surface area contributed by atoms with Gasteiger partial charge in [0.15, 0.2) is 0 Å². The minimum Gasteiger partial charge on any atom is -0.466 e. The van der Waals surface area contributed by atoms with E-state index < -0.39 is 0 Å². The van der Waals surface area contributed by atoms with Gasteiger partial charge in [0.2, 0.25) is 0 Å². The van der Waals surface area contributed by atoms with Gasteiger partial charge >= 0.3 is 5.97 Å². The number of hydrogen-bond acceptors (Lipinski definition) is 6. The Morgan fingerprint density at radius 2 is 2.04 bits per heavy atom. The summed E-state index contributed by atoms with van der Waals surface area (Å²) < 4.78 is 5.09. The first-order valence-corrected chi connectivity index (χ1v) is 9.85. The second-order valence-electron chi connectivity index (χ2n) is 6.21. The summed E-state index contributed by atoms with van der Waals surface area (Å²) in [5.74, 6) is -0.165. The maximum atomic E-state index is 11.8. The highest BCUT2D eigenvalue weighted by atomic mass is 35.5. The summed E-state index contributed by atoms with van der Waals surface area (Å²) in [5.41, 5.74) is 1.88. The first-order chi connectivity index (χ1) is 12.8. The molecule has 1 fully saturated rings. The predicted octanol–water partition coefficient (Wildman–Crippen LogP) is 3.87. The number of oxime groups is 1. The molecule has 1 aliphatic heterocycles. The molecule has 2 heterocycles. The molecule has 0 unspecified atom stereocenters. The number of hydrogen-bond donors (Lipinski definition) is 1. The van der Waals surface area contributed by atoms with Crippen LogP contribution in [-0.4, -0.2) is 37.5 Å². The Bertz CT molecular complexity index is 714. The minimum absolute atomic E-state index is 0. The number of halogens is 1. The Balaban J connectivity index is 0.00000261. The first-order valence-electron chi connectivity index (χ1n) is 8.97. The molecule has 1 aliphatic rings. The van der Waals surface area contributed by atoms with E-state index in [1.54, 1.807) is 11.3 Å². The van der Waals surface area contributed by atoms with Gasteiger partial charge in [-0.1, -0.05) is 41.6 Å². The maximum absolute atomic E-state index is 11.8. The average molecular weight is 409 g/mol. The lowest BCUT2D eigenvalue weighted by atomic mass is 9.95. The number of carbonyl (C=O) groups excluding carboxylic acids is 1. The fourth-order valence-corrected chi connectivity index (χ4v) is 3.69. The standard InChI is InChI=1S/C20H24N2O3S.ClH/c1-2-24-20(23)16-10-11-17(21-13-16)14-25-22-19(18-9-6-12-26-18)15-7-4-3-5-8-15;/h3-9,12,16-17,21H,2,10-11,13-14H2,1H3;1H/b22-19-;/t16-,17-;/m1./s1. The maximum Gasteiger partial charge on any atom is 0.310 e. The highest BCUT2D eigenvalue weighted by molar-refractivity contribution is 7.12. The number of carbonyl (C=O) groups is 1. The van der Waals surface area contributed by atoms with Crippen LogP contribution in [0.4, 0.5) is 0 Å². The minimum atomic E-state index is -0.110. The molecule has 2 atom stereocenters. The summed E-state index contributed by atoms with van der Waals surface area (Å²) in [7, 11) is 0. The van der Waals surface area contributed by atoms with Gasteiger partial charge in [0, 0.05) is 18.2 Å². The van der Waals surface area contributed by atoms with E-state index in [9.17, 15) is 4.79 Å². The molecule has 0 saturated carbocycles. The van der Waals surface area contributed by atoms with E-state index in [-0.39, 0.29) is 30.3 Å². The summed E-state index contributed by atoms with van der Waals surface area (Å²) >= 11 is 1.64. The van der Waals surface area contributed by atoms with Gasteiger partial charge in [-0.2, -0.15) is 0 Å². The lowest BCUT2D eigenvalue weighted by molar-refractivity contribution is -0.148. The molecule has 2 aromatic rings. The zero-order chi connectivity index (χ0) is 18.2. The van der Waals surface area contributed by atoms with Crippen molar-refractivity contribution in [2.45, 2.75) is 25.8 Å². The van der Waals surface area contributed by atoms with Crippen LogP contribution in [0.3, 0.4) is 0 Å². The summed E-state index contributed by atoms with van der Waals surface area (Å²) in [4.78, 5) is 18.5. The zero-order valence-electron chi connectivity index (χ0n) is 15.3. The van der Waals surface area contributed by atoms with E-state index in [0.717, 1.165) is 29.0 Å². The third kappa shape index (κ3) is 6.06. The normalized spacial score (nSPS) is 19.8. The Morgan fingerprint density at radius 1 is 1.22 bits per heavy atom. The summed E-state index contributed by atoms with van der Waals surface area (Å²) in [6.45, 7) is 3.38. The van der Waals surface area contributed by atoms with Crippen molar-refractivity contribution in [2.24, 2.45) is 11.1 Å². The molecule has 1 N–H and O–H groups in total. The van der Waals surface area contributed by atoms with E-state index in [1.165, 1.54) is 0 Å². The van der Waals surface area contributed by atoms with Gasteiger partial charge in [0.1, 0.15) is 12.3 Å². The molecular formula is C20H25ClN2O3S. The number of thiophene rings is 1. The molecule has 1 aromatic carbocycles. The van der Waals surface area contributed by atoms with Crippen LogP contribution >= 0.6 is 23.7 Å². The number of esters is 1. The molecule has 1 aromatic heterocycles. The van der Waals surface area contributed by atoms with Crippen molar-refractivity contribution in [2.75, 3.05) is 19.8 Å². The van der Waals surface area contributed by atoms with Gasteiger partial charge in [-0.15, -0.1) is 23.7 Å². The Morgan fingerprint density at radius 3 is 2.67 bits per heavy atom. The van der Waals surface area contributed by atoms with Gasteiger partial charge in [-0.05, 0) is 31.2 Å². The topological polar surface area (TPSA) is 59.9 Å². The number of benzene rings is 1. The fraction of sp³-hybridized carbons (Fsp3) is 0.400. The van der Waals surface area contributed by atoms with Crippen molar-refractivity contribution >= 4 is 35.4 Å². The molecule has 1 saturated heterocycles. The molecule has 0 radical (unpaired) electrons. The van der Waals surface area contributed by atoms with Crippen LogP contribution in [0, 0.1) is 5.92 Å². The van der Waals surface area contributed by atoms with Gasteiger partial charge in [-0.25, -0.2) is 0 Å². The first kappa shape index (κ1) is 21.4. The van der Waals surface area contributed by atoms with Gasteiger partial charge in [0.05, 0.1) is 17.4 Å². The Kier molecular flexibility index (Phi) is 8.78. The van der Waals surface area contributed by atoms with E-state index in [2.05, 4.69) is 10.5 Å². The second kappa shape index (κ2) is 11.1. The number of nitrogens with one attached hydrogen (secondary N) is 1. The van der Waals surface area contributed by atoms with Crippen molar-refractivity contribution in [3.63, 3.8) is 0 Å². The average Bonchev–Trinajstić information content (AvgIpc) is 3.21. The quantitative estimate of drug-likeness (QED) is 0.429. The predicted molar refractivity (Wildman–Crippen MR) is 111 cm³/mol. The highest BCUT2D eigenvalue weighted by Crippen LogP contribution is 2.18. The molecule has 27 heavy (non-hydrogen) atoms. The van der Waals surface area contributed by atoms with Crippen LogP contribution in [0.1, 0.15) is 30.2 Å². The van der Waals surface area contributed by atoms with E-state index in [4.69, 9.17) is 9.57 Å². The third-order valence-corrected chi connectivity index (χ3v) is 5.25. The molecule has 0 bridgehead atoms. The van der Waals surface area contributed by atoms with Crippen molar-refractivity contribution in [3.8, 4) is 0 Å². The van der Waals surface area contributed by atoms with Crippen LogP contribution in [0.15, 0.2) is 53.0 Å². The molecule has 146 valence electrons. The molecule has 7 heteroatoms. The van der Waals surface area contributed by atoms with Crippen molar-refractivity contribution in [1.82, 2.24) is 5.32 Å². The van der Waals surface area contributed by atoms with E-state index in [0.29, 0.717) is 19.8 Å². The molecule has 3 rings (SSSR count). The van der Waals surface area contributed by atoms with Crippen LogP contribution in [0.25, 0.3) is 0 Å². The van der Waals surface area contributed by atoms with Crippen LogP contribution < -0.4 is 5.32 Å². The van der Waals surface area contributed by atoms with Crippen molar-refractivity contribution < 1.29 is 14.4 Å². The third-order valence-electron chi connectivity index (χ3n) is 4.37. The Hall–Kier alpha value is -1.89. The second-order valence-corrected chi connectivity index (χ2v) is 7.16. The highest BCUT2D eigenvalue weighted by Gasteiger charge is 2.27. The fourth-order valence-electron chi connectivity index (χ4n) is 2.96. The zero-order valence-corrected chi connectivity index (χ0v) is 16.9. The molecule has 0 spiro atoms. The van der Waals surface area contributed by atoms with Gasteiger partial charge < -0.3 is 14.9 Å². The molecular weight excluding hydrogens is 384 g/mol. The SMILES string of the molecule is CCOC(=O)[C@@H]1CC[C@H](CO/N=C(/c2ccccc2)c2cccs2)NC1.Cl. The van der Waals surface area contributed by atoms with Crippen LogP contribution in [0.2, 0.25) is 0 Å². The lowest BCUT2D eigenvalue weighted by Gasteiger charge is -2.27. The van der Waals surface area contributed by atoms with Gasteiger partial charge in [-0.3, -0.25) is 4.79 Å². The van der Waals surface area contributed by atoms with E-state index >= 15 is 0 Å². The van der Waals surface area contributed by atoms with Crippen molar-refractivity contribution in [3.05, 3.63) is 58.3 Å². The van der Waals surface area contributed by atoms with Crippen LogP contribution in [0.5, 0.6) is 0 Å². The van der Waals surface area contributed by atoms with E-state index in [1.807, 2.05) is 54.8 Å². The summed E-state index contributed by atoms with van der Waals surface area (Å²) in [5, 5.41) is 9.81. The monoisotopic (exact) mass is 408 g/mol. The lowest BCUT2D eigenvalue weighted by Crippen LogP contribution is -2.44. The smallest absolute Gasteiger partial charge is 0.310 e. The van der Waals surface area contributed by atoms with Gasteiger partial charge in [0.25, 0.3) is 0 Å². The number of nitrogens with zero attached hydrogens (tertiary/aromatic N) is 1. The molecule has 5 nitrogen and oxygen atoms in total. The summed E-state index contributed by atoms with van der Waals surface area (Å²) in [6, 6.07) is 14.3. The number of ether oxygens (including phenoxy) is 1. The van der Waals surface area contributed by atoms with Crippen LogP contribution in [-0.2, 0) is 14.4 Å². The summed E-state index contributed by atoms with van der Waals surface area (Å²) in [6.07, 6.45) is 1.69. The largest absolute Gasteiger partial charge is 0.466 e. The molecule has 0 aliphatic carbocycles. The van der Waals surface area contributed by atoms with Crippen molar-refractivity contribution in [1.29, 1.82) is 0 Å². The molecule has 0 amide bonds. The number of piperidine rings is 1. The number of rotatable bonds is 7. The Labute approximate surface area is 170 Å².